The molecule has 1 aliphatic rings. The maximum atomic E-state index is 10.8. The van der Waals surface area contributed by atoms with Crippen LogP contribution in [0.3, 0.4) is 0 Å². The molecule has 0 aromatic heterocycles. The maximum absolute atomic E-state index is 10.8. The SMILES string of the molecule is Cc1cccc(OCCN2CCCC2CC(=O)O)c1. The van der Waals surface area contributed by atoms with Crippen molar-refractivity contribution in [2.24, 2.45) is 0 Å². The van der Waals surface area contributed by atoms with Gasteiger partial charge in [-0.2, -0.15) is 0 Å². The number of likely N-dealkylation sites (tertiary alicyclic amines) is 1. The molecule has 1 fully saturated rings. The highest BCUT2D eigenvalue weighted by Crippen LogP contribution is 2.20. The molecule has 0 aliphatic carbocycles. The third kappa shape index (κ3) is 4.24. The zero-order chi connectivity index (χ0) is 13.7. The number of hydrogen-bond donors (Lipinski definition) is 1. The van der Waals surface area contributed by atoms with Gasteiger partial charge in [0.25, 0.3) is 0 Å². The standard InChI is InChI=1S/C15H21NO3/c1-12-4-2-6-14(10-12)19-9-8-16-7-3-5-13(16)11-15(17)18/h2,4,6,10,13H,3,5,7-9,11H2,1H3,(H,17,18). The third-order valence-electron chi connectivity index (χ3n) is 3.55. The van der Waals surface area contributed by atoms with Gasteiger partial charge in [0.05, 0.1) is 6.42 Å². The molecular formula is C15H21NO3. The van der Waals surface area contributed by atoms with Gasteiger partial charge >= 0.3 is 5.97 Å². The number of nitrogens with zero attached hydrogens (tertiary/aromatic N) is 1. The van der Waals surface area contributed by atoms with Crippen LogP contribution in [0.25, 0.3) is 0 Å². The lowest BCUT2D eigenvalue weighted by Crippen LogP contribution is -2.34. The second kappa shape index (κ2) is 6.57. The Morgan fingerprint density at radius 2 is 2.37 bits per heavy atom. The van der Waals surface area contributed by atoms with E-state index in [4.69, 9.17) is 9.84 Å². The first-order valence-corrected chi connectivity index (χ1v) is 6.80. The number of rotatable bonds is 6. The van der Waals surface area contributed by atoms with Crippen LogP contribution in [0.4, 0.5) is 0 Å². The molecule has 1 aliphatic heterocycles. The van der Waals surface area contributed by atoms with Crippen molar-refractivity contribution in [1.29, 1.82) is 0 Å². The lowest BCUT2D eigenvalue weighted by atomic mass is 10.1. The molecule has 4 nitrogen and oxygen atoms in total. The van der Waals surface area contributed by atoms with Crippen molar-refractivity contribution in [2.45, 2.75) is 32.2 Å². The monoisotopic (exact) mass is 263 g/mol. The number of carboxylic acids is 1. The summed E-state index contributed by atoms with van der Waals surface area (Å²) in [5.41, 5.74) is 1.18. The molecule has 0 radical (unpaired) electrons. The number of aliphatic carboxylic acids is 1. The highest BCUT2D eigenvalue weighted by atomic mass is 16.5. The van der Waals surface area contributed by atoms with E-state index in [1.165, 1.54) is 5.56 Å². The second-order valence-electron chi connectivity index (χ2n) is 5.09. The molecule has 1 aromatic carbocycles. The summed E-state index contributed by atoms with van der Waals surface area (Å²) in [6.07, 6.45) is 2.31. The van der Waals surface area contributed by atoms with Crippen LogP contribution in [-0.4, -0.2) is 41.7 Å². The minimum atomic E-state index is -0.712. The Kier molecular flexibility index (Phi) is 4.80. The van der Waals surface area contributed by atoms with Crippen molar-refractivity contribution >= 4 is 5.97 Å². The normalized spacial score (nSPS) is 19.5. The van der Waals surface area contributed by atoms with Gasteiger partial charge < -0.3 is 9.84 Å². The summed E-state index contributed by atoms with van der Waals surface area (Å²) < 4.78 is 5.71. The molecule has 2 rings (SSSR count). The predicted molar refractivity (Wildman–Crippen MR) is 73.5 cm³/mol. The fourth-order valence-electron chi connectivity index (χ4n) is 2.61. The van der Waals surface area contributed by atoms with E-state index in [2.05, 4.69) is 4.90 Å². The quantitative estimate of drug-likeness (QED) is 0.855. The first-order valence-electron chi connectivity index (χ1n) is 6.80. The lowest BCUT2D eigenvalue weighted by molar-refractivity contribution is -0.138. The summed E-state index contributed by atoms with van der Waals surface area (Å²) in [4.78, 5) is 13.0. The topological polar surface area (TPSA) is 49.8 Å². The molecule has 4 heteroatoms. The van der Waals surface area contributed by atoms with E-state index in [9.17, 15) is 4.79 Å². The molecule has 0 amide bonds. The van der Waals surface area contributed by atoms with Gasteiger partial charge in [0.15, 0.2) is 0 Å². The van der Waals surface area contributed by atoms with Crippen LogP contribution in [-0.2, 0) is 4.79 Å². The van der Waals surface area contributed by atoms with Crippen molar-refractivity contribution in [3.8, 4) is 5.75 Å². The number of carbonyl (C=O) groups is 1. The Balaban J connectivity index is 1.77. The molecule has 0 bridgehead atoms. The van der Waals surface area contributed by atoms with Crippen molar-refractivity contribution in [1.82, 2.24) is 4.90 Å². The Morgan fingerprint density at radius 3 is 3.11 bits per heavy atom. The maximum Gasteiger partial charge on any atom is 0.304 e. The number of carboxylic acid groups (broad SMARTS) is 1. The Labute approximate surface area is 114 Å². The Morgan fingerprint density at radius 1 is 1.53 bits per heavy atom. The van der Waals surface area contributed by atoms with E-state index in [-0.39, 0.29) is 12.5 Å². The summed E-state index contributed by atoms with van der Waals surface area (Å²) in [6.45, 7) is 4.43. The molecule has 0 saturated carbocycles. The van der Waals surface area contributed by atoms with E-state index in [1.807, 2.05) is 31.2 Å². The Hall–Kier alpha value is -1.55. The average molecular weight is 263 g/mol. The molecule has 1 unspecified atom stereocenters. The van der Waals surface area contributed by atoms with Crippen LogP contribution >= 0.6 is 0 Å². The average Bonchev–Trinajstić information content (AvgIpc) is 2.76. The van der Waals surface area contributed by atoms with E-state index in [1.54, 1.807) is 0 Å². The Bertz CT molecular complexity index is 433. The minimum Gasteiger partial charge on any atom is -0.492 e. The van der Waals surface area contributed by atoms with Crippen LogP contribution in [0.2, 0.25) is 0 Å². The van der Waals surface area contributed by atoms with Gasteiger partial charge in [-0.05, 0) is 44.0 Å². The number of benzene rings is 1. The highest BCUT2D eigenvalue weighted by molar-refractivity contribution is 5.67. The highest BCUT2D eigenvalue weighted by Gasteiger charge is 2.26. The van der Waals surface area contributed by atoms with E-state index in [0.29, 0.717) is 6.61 Å². The molecule has 0 spiro atoms. The molecular weight excluding hydrogens is 242 g/mol. The summed E-state index contributed by atoms with van der Waals surface area (Å²) in [7, 11) is 0. The van der Waals surface area contributed by atoms with Crippen LogP contribution < -0.4 is 4.74 Å². The fraction of sp³-hybridized carbons (Fsp3) is 0.533. The molecule has 1 saturated heterocycles. The van der Waals surface area contributed by atoms with Gasteiger partial charge in [0.2, 0.25) is 0 Å². The predicted octanol–water partition coefficient (Wildman–Crippen LogP) is 2.31. The van der Waals surface area contributed by atoms with Crippen LogP contribution in [0.1, 0.15) is 24.8 Å². The number of aryl methyl sites for hydroxylation is 1. The van der Waals surface area contributed by atoms with Gasteiger partial charge in [-0.25, -0.2) is 0 Å². The first-order chi connectivity index (χ1) is 9.15. The van der Waals surface area contributed by atoms with Crippen molar-refractivity contribution in [3.63, 3.8) is 0 Å². The van der Waals surface area contributed by atoms with E-state index >= 15 is 0 Å². The smallest absolute Gasteiger partial charge is 0.304 e. The summed E-state index contributed by atoms with van der Waals surface area (Å²) in [5, 5.41) is 8.87. The van der Waals surface area contributed by atoms with Crippen LogP contribution in [0, 0.1) is 6.92 Å². The number of ether oxygens (including phenoxy) is 1. The van der Waals surface area contributed by atoms with Gasteiger partial charge in [-0.3, -0.25) is 9.69 Å². The van der Waals surface area contributed by atoms with E-state index in [0.717, 1.165) is 31.7 Å². The zero-order valence-corrected chi connectivity index (χ0v) is 11.3. The zero-order valence-electron chi connectivity index (χ0n) is 11.3. The van der Waals surface area contributed by atoms with Gasteiger partial charge in [-0.15, -0.1) is 0 Å². The molecule has 1 atom stereocenters. The molecule has 1 aromatic rings. The number of hydrogen-bond acceptors (Lipinski definition) is 3. The molecule has 1 heterocycles. The van der Waals surface area contributed by atoms with Crippen LogP contribution in [0.5, 0.6) is 5.75 Å². The molecule has 19 heavy (non-hydrogen) atoms. The first kappa shape index (κ1) is 13.9. The van der Waals surface area contributed by atoms with Crippen LogP contribution in [0.15, 0.2) is 24.3 Å². The minimum absolute atomic E-state index is 0.179. The van der Waals surface area contributed by atoms with E-state index < -0.39 is 5.97 Å². The second-order valence-corrected chi connectivity index (χ2v) is 5.09. The molecule has 1 N–H and O–H groups in total. The van der Waals surface area contributed by atoms with Gasteiger partial charge in [-0.1, -0.05) is 12.1 Å². The largest absolute Gasteiger partial charge is 0.492 e. The molecule has 104 valence electrons. The third-order valence-corrected chi connectivity index (χ3v) is 3.55. The van der Waals surface area contributed by atoms with Crippen molar-refractivity contribution in [3.05, 3.63) is 29.8 Å². The van der Waals surface area contributed by atoms with Crippen molar-refractivity contribution < 1.29 is 14.6 Å². The van der Waals surface area contributed by atoms with Gasteiger partial charge in [0, 0.05) is 12.6 Å². The summed E-state index contributed by atoms with van der Waals surface area (Å²) in [5.74, 6) is 0.172. The van der Waals surface area contributed by atoms with Crippen molar-refractivity contribution in [2.75, 3.05) is 19.7 Å². The summed E-state index contributed by atoms with van der Waals surface area (Å²) in [6, 6.07) is 8.16. The van der Waals surface area contributed by atoms with Gasteiger partial charge in [0.1, 0.15) is 12.4 Å². The fourth-order valence-corrected chi connectivity index (χ4v) is 2.61. The lowest BCUT2D eigenvalue weighted by Gasteiger charge is -2.23. The summed E-state index contributed by atoms with van der Waals surface area (Å²) >= 11 is 0.